The third-order valence-corrected chi connectivity index (χ3v) is 4.29. The van der Waals surface area contributed by atoms with Crippen molar-refractivity contribution in [2.75, 3.05) is 13.7 Å². The van der Waals surface area contributed by atoms with Gasteiger partial charge in [0, 0.05) is 6.04 Å². The molecule has 0 saturated heterocycles. The zero-order valence-corrected chi connectivity index (χ0v) is 12.0. The lowest BCUT2D eigenvalue weighted by Crippen LogP contribution is -2.35. The Bertz CT molecular complexity index is 402. The predicted molar refractivity (Wildman–Crippen MR) is 76.1 cm³/mol. The standard InChI is InChI=1S/C16H25NO/c1-5-9-17-16-12(3)11(2)10-14-13(16)7-6-8-15(14)18-4/h6-8,11-12,16-17H,5,9-10H2,1-4H3. The third kappa shape index (κ3) is 2.39. The molecule has 0 saturated carbocycles. The summed E-state index contributed by atoms with van der Waals surface area (Å²) < 4.78 is 5.52. The average Bonchev–Trinajstić information content (AvgIpc) is 2.39. The van der Waals surface area contributed by atoms with Gasteiger partial charge in [0.05, 0.1) is 7.11 Å². The lowest BCUT2D eigenvalue weighted by atomic mass is 9.74. The summed E-state index contributed by atoms with van der Waals surface area (Å²) in [5.41, 5.74) is 2.84. The topological polar surface area (TPSA) is 21.3 Å². The van der Waals surface area contributed by atoms with Crippen LogP contribution in [0, 0.1) is 11.8 Å². The summed E-state index contributed by atoms with van der Waals surface area (Å²) in [5, 5.41) is 3.70. The summed E-state index contributed by atoms with van der Waals surface area (Å²) in [6.07, 6.45) is 2.31. The molecule has 0 fully saturated rings. The van der Waals surface area contributed by atoms with Gasteiger partial charge in [0.1, 0.15) is 5.75 Å². The molecule has 0 spiro atoms. The van der Waals surface area contributed by atoms with E-state index >= 15 is 0 Å². The van der Waals surface area contributed by atoms with E-state index in [1.165, 1.54) is 17.5 Å². The maximum absolute atomic E-state index is 5.52. The van der Waals surface area contributed by atoms with E-state index in [4.69, 9.17) is 4.74 Å². The fourth-order valence-corrected chi connectivity index (χ4v) is 3.00. The van der Waals surface area contributed by atoms with Gasteiger partial charge in [-0.05, 0) is 48.4 Å². The van der Waals surface area contributed by atoms with E-state index < -0.39 is 0 Å². The van der Waals surface area contributed by atoms with Crippen LogP contribution in [0.3, 0.4) is 0 Å². The van der Waals surface area contributed by atoms with Gasteiger partial charge < -0.3 is 10.1 Å². The lowest BCUT2D eigenvalue weighted by Gasteiger charge is -2.37. The molecule has 1 aromatic carbocycles. The zero-order chi connectivity index (χ0) is 13.1. The van der Waals surface area contributed by atoms with Crippen molar-refractivity contribution in [3.8, 4) is 5.75 Å². The second-order valence-corrected chi connectivity index (χ2v) is 5.50. The summed E-state index contributed by atoms with van der Waals surface area (Å²) in [4.78, 5) is 0. The van der Waals surface area contributed by atoms with Crippen molar-refractivity contribution >= 4 is 0 Å². The third-order valence-electron chi connectivity index (χ3n) is 4.29. The molecule has 0 aliphatic heterocycles. The SMILES string of the molecule is CCCNC1c2cccc(OC)c2CC(C)C1C. The molecule has 3 atom stereocenters. The minimum Gasteiger partial charge on any atom is -0.496 e. The van der Waals surface area contributed by atoms with Gasteiger partial charge in [-0.1, -0.05) is 32.9 Å². The molecular weight excluding hydrogens is 222 g/mol. The quantitative estimate of drug-likeness (QED) is 0.878. The Balaban J connectivity index is 2.37. The molecule has 1 aliphatic rings. The predicted octanol–water partition coefficient (Wildman–Crippen LogP) is 3.56. The zero-order valence-electron chi connectivity index (χ0n) is 12.0. The van der Waals surface area contributed by atoms with Crippen LogP contribution in [0.1, 0.15) is 44.4 Å². The van der Waals surface area contributed by atoms with Gasteiger partial charge in [0.25, 0.3) is 0 Å². The van der Waals surface area contributed by atoms with E-state index in [2.05, 4.69) is 44.3 Å². The maximum atomic E-state index is 5.52. The van der Waals surface area contributed by atoms with Crippen molar-refractivity contribution in [3.05, 3.63) is 29.3 Å². The molecule has 2 nitrogen and oxygen atoms in total. The molecule has 0 bridgehead atoms. The summed E-state index contributed by atoms with van der Waals surface area (Å²) >= 11 is 0. The fourth-order valence-electron chi connectivity index (χ4n) is 3.00. The van der Waals surface area contributed by atoms with E-state index in [1.807, 2.05) is 0 Å². The van der Waals surface area contributed by atoms with Crippen LogP contribution in [-0.2, 0) is 6.42 Å². The van der Waals surface area contributed by atoms with Gasteiger partial charge in [-0.3, -0.25) is 0 Å². The first-order valence-corrected chi connectivity index (χ1v) is 7.08. The summed E-state index contributed by atoms with van der Waals surface area (Å²) in [7, 11) is 1.77. The van der Waals surface area contributed by atoms with Gasteiger partial charge in [0.2, 0.25) is 0 Å². The second kappa shape index (κ2) is 5.75. The Morgan fingerprint density at radius 1 is 1.33 bits per heavy atom. The summed E-state index contributed by atoms with van der Waals surface area (Å²) in [6, 6.07) is 6.92. The number of nitrogens with one attached hydrogen (secondary N) is 1. The van der Waals surface area contributed by atoms with Crippen molar-refractivity contribution < 1.29 is 4.74 Å². The highest BCUT2D eigenvalue weighted by atomic mass is 16.5. The number of methoxy groups -OCH3 is 1. The number of hydrogen-bond acceptors (Lipinski definition) is 2. The molecular formula is C16H25NO. The second-order valence-electron chi connectivity index (χ2n) is 5.50. The highest BCUT2D eigenvalue weighted by Crippen LogP contribution is 2.41. The maximum Gasteiger partial charge on any atom is 0.122 e. The first kappa shape index (κ1) is 13.4. The van der Waals surface area contributed by atoms with Crippen LogP contribution in [0.4, 0.5) is 0 Å². The van der Waals surface area contributed by atoms with Crippen molar-refractivity contribution in [1.29, 1.82) is 0 Å². The van der Waals surface area contributed by atoms with E-state index in [0.29, 0.717) is 17.9 Å². The van der Waals surface area contributed by atoms with Crippen molar-refractivity contribution in [2.45, 2.75) is 39.7 Å². The Kier molecular flexibility index (Phi) is 4.28. The van der Waals surface area contributed by atoms with Crippen LogP contribution >= 0.6 is 0 Å². The van der Waals surface area contributed by atoms with Crippen molar-refractivity contribution in [2.24, 2.45) is 11.8 Å². The van der Waals surface area contributed by atoms with Gasteiger partial charge >= 0.3 is 0 Å². The van der Waals surface area contributed by atoms with E-state index in [0.717, 1.165) is 18.7 Å². The minimum absolute atomic E-state index is 0.471. The number of rotatable bonds is 4. The largest absolute Gasteiger partial charge is 0.496 e. The van der Waals surface area contributed by atoms with Gasteiger partial charge in [-0.25, -0.2) is 0 Å². The van der Waals surface area contributed by atoms with Crippen LogP contribution in [-0.4, -0.2) is 13.7 Å². The monoisotopic (exact) mass is 247 g/mol. The lowest BCUT2D eigenvalue weighted by molar-refractivity contribution is 0.259. The Morgan fingerprint density at radius 2 is 2.11 bits per heavy atom. The molecule has 0 radical (unpaired) electrons. The fraction of sp³-hybridized carbons (Fsp3) is 0.625. The van der Waals surface area contributed by atoms with Crippen molar-refractivity contribution in [1.82, 2.24) is 5.32 Å². The molecule has 1 aliphatic carbocycles. The number of hydrogen-bond donors (Lipinski definition) is 1. The Morgan fingerprint density at radius 3 is 2.78 bits per heavy atom. The highest BCUT2D eigenvalue weighted by molar-refractivity contribution is 5.44. The minimum atomic E-state index is 0.471. The molecule has 0 amide bonds. The molecule has 3 unspecified atom stereocenters. The summed E-state index contributed by atoms with van der Waals surface area (Å²) in [6.45, 7) is 8.01. The normalized spacial score (nSPS) is 26.8. The average molecular weight is 247 g/mol. The summed E-state index contributed by atoms with van der Waals surface area (Å²) in [5.74, 6) is 2.42. The van der Waals surface area contributed by atoms with E-state index in [1.54, 1.807) is 7.11 Å². The first-order chi connectivity index (χ1) is 8.69. The molecule has 1 aromatic rings. The smallest absolute Gasteiger partial charge is 0.122 e. The highest BCUT2D eigenvalue weighted by Gasteiger charge is 2.32. The molecule has 0 heterocycles. The van der Waals surface area contributed by atoms with Gasteiger partial charge in [-0.15, -0.1) is 0 Å². The Labute approximate surface area is 111 Å². The van der Waals surface area contributed by atoms with Crippen LogP contribution in [0.25, 0.3) is 0 Å². The first-order valence-electron chi connectivity index (χ1n) is 7.08. The number of benzene rings is 1. The van der Waals surface area contributed by atoms with Crippen LogP contribution < -0.4 is 10.1 Å². The molecule has 2 heteroatoms. The Hall–Kier alpha value is -1.02. The molecule has 18 heavy (non-hydrogen) atoms. The van der Waals surface area contributed by atoms with Crippen molar-refractivity contribution in [3.63, 3.8) is 0 Å². The molecule has 1 N–H and O–H groups in total. The van der Waals surface area contributed by atoms with Crippen LogP contribution in [0.5, 0.6) is 5.75 Å². The van der Waals surface area contributed by atoms with Gasteiger partial charge in [-0.2, -0.15) is 0 Å². The van der Waals surface area contributed by atoms with Crippen LogP contribution in [0.15, 0.2) is 18.2 Å². The number of ether oxygens (including phenoxy) is 1. The molecule has 100 valence electrons. The van der Waals surface area contributed by atoms with E-state index in [-0.39, 0.29) is 0 Å². The van der Waals surface area contributed by atoms with E-state index in [9.17, 15) is 0 Å². The van der Waals surface area contributed by atoms with Crippen LogP contribution in [0.2, 0.25) is 0 Å². The molecule has 0 aromatic heterocycles. The number of fused-ring (bicyclic) bond motifs is 1. The van der Waals surface area contributed by atoms with Gasteiger partial charge in [0.15, 0.2) is 0 Å². The molecule has 2 rings (SSSR count).